The number of aryl methyl sites for hydroxylation is 2. The zero-order chi connectivity index (χ0) is 12.0. The largest absolute Gasteiger partial charge is 0.457 e. The van der Waals surface area contributed by atoms with Crippen LogP contribution in [-0.4, -0.2) is 0 Å². The summed E-state index contributed by atoms with van der Waals surface area (Å²) in [5.74, 6) is 1.69. The molecule has 0 radical (unpaired) electrons. The van der Waals surface area contributed by atoms with Gasteiger partial charge in [-0.25, -0.2) is 0 Å². The van der Waals surface area contributed by atoms with Crippen molar-refractivity contribution in [3.05, 3.63) is 66.0 Å². The molecule has 0 saturated carbocycles. The van der Waals surface area contributed by atoms with Crippen LogP contribution in [0.4, 0.5) is 0 Å². The van der Waals surface area contributed by atoms with Crippen LogP contribution in [0.2, 0.25) is 0 Å². The summed E-state index contributed by atoms with van der Waals surface area (Å²) in [5.41, 5.74) is 2.32. The maximum absolute atomic E-state index is 5.81. The minimum atomic E-state index is 0.797. The summed E-state index contributed by atoms with van der Waals surface area (Å²) < 4.78 is 5.81. The van der Waals surface area contributed by atoms with Crippen molar-refractivity contribution in [2.75, 3.05) is 0 Å². The molecular formula is C15H18O. The van der Waals surface area contributed by atoms with E-state index in [9.17, 15) is 0 Å². The molecule has 84 valence electrons. The molecule has 0 aliphatic heterocycles. The van der Waals surface area contributed by atoms with Gasteiger partial charge in [-0.1, -0.05) is 30.9 Å². The van der Waals surface area contributed by atoms with E-state index < -0.39 is 0 Å². The minimum Gasteiger partial charge on any atom is -0.457 e. The van der Waals surface area contributed by atoms with E-state index in [0.29, 0.717) is 0 Å². The Labute approximate surface area is 97.8 Å². The van der Waals surface area contributed by atoms with Crippen LogP contribution in [0, 0.1) is 13.8 Å². The lowest BCUT2D eigenvalue weighted by atomic mass is 10.1. The molecule has 1 aromatic carbocycles. The highest BCUT2D eigenvalue weighted by atomic mass is 16.5. The molecule has 1 aromatic rings. The van der Waals surface area contributed by atoms with Crippen LogP contribution < -0.4 is 4.74 Å². The van der Waals surface area contributed by atoms with Crippen LogP contribution in [0.3, 0.4) is 0 Å². The lowest BCUT2D eigenvalue weighted by Crippen LogP contribution is -1.94. The second kappa shape index (κ2) is 5.96. The molecule has 0 saturated heterocycles. The predicted octanol–water partition coefficient (Wildman–Crippen LogP) is 4.33. The predicted molar refractivity (Wildman–Crippen MR) is 69.6 cm³/mol. The summed E-state index contributed by atoms with van der Waals surface area (Å²) in [6.45, 7) is 9.73. The molecule has 1 heteroatoms. The molecule has 0 atom stereocenters. The highest BCUT2D eigenvalue weighted by Crippen LogP contribution is 2.21. The Hall–Kier alpha value is -1.76. The molecule has 0 fully saturated rings. The van der Waals surface area contributed by atoms with Gasteiger partial charge in [-0.3, -0.25) is 0 Å². The van der Waals surface area contributed by atoms with Gasteiger partial charge in [0.2, 0.25) is 0 Å². The SMILES string of the molecule is C=C/C=C(\C=C/C)Oc1cc(C)ccc1C. The average Bonchev–Trinajstić information content (AvgIpc) is 2.24. The Morgan fingerprint density at radius 1 is 1.31 bits per heavy atom. The summed E-state index contributed by atoms with van der Waals surface area (Å²) >= 11 is 0. The van der Waals surface area contributed by atoms with Gasteiger partial charge in [0.1, 0.15) is 11.5 Å². The molecule has 16 heavy (non-hydrogen) atoms. The molecule has 0 N–H and O–H groups in total. The van der Waals surface area contributed by atoms with Crippen molar-refractivity contribution in [3.8, 4) is 5.75 Å². The number of ether oxygens (including phenoxy) is 1. The Balaban J connectivity index is 2.97. The molecule has 0 aliphatic rings. The number of allylic oxidation sites excluding steroid dienone is 4. The van der Waals surface area contributed by atoms with Crippen LogP contribution >= 0.6 is 0 Å². The van der Waals surface area contributed by atoms with Crippen molar-refractivity contribution in [1.29, 1.82) is 0 Å². The highest BCUT2D eigenvalue weighted by molar-refractivity contribution is 5.38. The minimum absolute atomic E-state index is 0.797. The fourth-order valence-corrected chi connectivity index (χ4v) is 1.35. The molecule has 0 bridgehead atoms. The lowest BCUT2D eigenvalue weighted by Gasteiger charge is -2.09. The van der Waals surface area contributed by atoms with Crippen molar-refractivity contribution in [1.82, 2.24) is 0 Å². The third-order valence-electron chi connectivity index (χ3n) is 2.18. The average molecular weight is 214 g/mol. The van der Waals surface area contributed by atoms with Gasteiger partial charge in [0.25, 0.3) is 0 Å². The Kier molecular flexibility index (Phi) is 4.59. The van der Waals surface area contributed by atoms with Gasteiger partial charge in [-0.2, -0.15) is 0 Å². The molecule has 0 spiro atoms. The van der Waals surface area contributed by atoms with Crippen molar-refractivity contribution >= 4 is 0 Å². The molecule has 0 amide bonds. The molecule has 1 nitrogen and oxygen atoms in total. The van der Waals surface area contributed by atoms with Crippen LogP contribution in [0.5, 0.6) is 5.75 Å². The summed E-state index contributed by atoms with van der Waals surface area (Å²) in [5, 5.41) is 0. The zero-order valence-corrected chi connectivity index (χ0v) is 10.2. The van der Waals surface area contributed by atoms with Crippen LogP contribution in [0.1, 0.15) is 18.1 Å². The Morgan fingerprint density at radius 2 is 2.06 bits per heavy atom. The van der Waals surface area contributed by atoms with Gasteiger partial charge in [0.15, 0.2) is 0 Å². The standard InChI is InChI=1S/C15H18O/c1-5-7-14(8-6-2)16-15-11-12(3)9-10-13(15)4/h5-11H,1H2,2-4H3/b8-6-,14-7+. The second-order valence-electron chi connectivity index (χ2n) is 3.68. The maximum Gasteiger partial charge on any atom is 0.130 e. The van der Waals surface area contributed by atoms with Crippen molar-refractivity contribution in [3.63, 3.8) is 0 Å². The maximum atomic E-state index is 5.81. The van der Waals surface area contributed by atoms with E-state index in [1.807, 2.05) is 38.1 Å². The van der Waals surface area contributed by atoms with Crippen LogP contribution in [0.15, 0.2) is 54.8 Å². The van der Waals surface area contributed by atoms with Crippen LogP contribution in [0.25, 0.3) is 0 Å². The van der Waals surface area contributed by atoms with Crippen molar-refractivity contribution in [2.24, 2.45) is 0 Å². The smallest absolute Gasteiger partial charge is 0.130 e. The number of hydrogen-bond acceptors (Lipinski definition) is 1. The first-order valence-corrected chi connectivity index (χ1v) is 5.38. The topological polar surface area (TPSA) is 9.23 Å². The van der Waals surface area contributed by atoms with Crippen molar-refractivity contribution in [2.45, 2.75) is 20.8 Å². The van der Waals surface area contributed by atoms with Crippen molar-refractivity contribution < 1.29 is 4.74 Å². The number of benzene rings is 1. The third-order valence-corrected chi connectivity index (χ3v) is 2.18. The van der Waals surface area contributed by atoms with Gasteiger partial charge in [0.05, 0.1) is 0 Å². The van der Waals surface area contributed by atoms with Gasteiger partial charge < -0.3 is 4.74 Å². The van der Waals surface area contributed by atoms with E-state index in [1.54, 1.807) is 6.08 Å². The number of hydrogen-bond donors (Lipinski definition) is 0. The van der Waals surface area contributed by atoms with E-state index in [-0.39, 0.29) is 0 Å². The van der Waals surface area contributed by atoms with E-state index in [2.05, 4.69) is 25.6 Å². The fourth-order valence-electron chi connectivity index (χ4n) is 1.35. The summed E-state index contributed by atoms with van der Waals surface area (Å²) in [4.78, 5) is 0. The molecule has 0 heterocycles. The lowest BCUT2D eigenvalue weighted by molar-refractivity contribution is 0.441. The number of rotatable bonds is 4. The van der Waals surface area contributed by atoms with E-state index in [1.165, 1.54) is 5.56 Å². The monoisotopic (exact) mass is 214 g/mol. The van der Waals surface area contributed by atoms with E-state index in [4.69, 9.17) is 4.74 Å². The summed E-state index contributed by atoms with van der Waals surface area (Å²) in [6.07, 6.45) is 7.44. The van der Waals surface area contributed by atoms with Crippen LogP contribution in [-0.2, 0) is 0 Å². The van der Waals surface area contributed by atoms with Gasteiger partial charge in [0, 0.05) is 0 Å². The summed E-state index contributed by atoms with van der Waals surface area (Å²) in [6, 6.07) is 6.18. The zero-order valence-electron chi connectivity index (χ0n) is 10.2. The fraction of sp³-hybridized carbons (Fsp3) is 0.200. The molecule has 0 unspecified atom stereocenters. The third kappa shape index (κ3) is 3.43. The molecular weight excluding hydrogens is 196 g/mol. The van der Waals surface area contributed by atoms with Gasteiger partial charge >= 0.3 is 0 Å². The molecule has 0 aliphatic carbocycles. The van der Waals surface area contributed by atoms with E-state index in [0.717, 1.165) is 17.1 Å². The highest BCUT2D eigenvalue weighted by Gasteiger charge is 2.01. The molecule has 0 aromatic heterocycles. The first-order chi connectivity index (χ1) is 7.67. The van der Waals surface area contributed by atoms with Gasteiger partial charge in [-0.15, -0.1) is 0 Å². The first kappa shape index (κ1) is 12.3. The first-order valence-electron chi connectivity index (χ1n) is 5.38. The quantitative estimate of drug-likeness (QED) is 0.535. The summed E-state index contributed by atoms with van der Waals surface area (Å²) in [7, 11) is 0. The Bertz CT molecular complexity index is 425. The second-order valence-corrected chi connectivity index (χ2v) is 3.68. The normalized spacial score (nSPS) is 11.8. The van der Waals surface area contributed by atoms with E-state index >= 15 is 0 Å². The Morgan fingerprint density at radius 3 is 2.69 bits per heavy atom. The van der Waals surface area contributed by atoms with Gasteiger partial charge in [-0.05, 0) is 50.1 Å². The molecule has 1 rings (SSSR count).